The van der Waals surface area contributed by atoms with E-state index in [1.807, 2.05) is 0 Å². The van der Waals surface area contributed by atoms with E-state index in [4.69, 9.17) is 10.8 Å². The van der Waals surface area contributed by atoms with Gasteiger partial charge in [-0.15, -0.1) is 0 Å². The van der Waals surface area contributed by atoms with Gasteiger partial charge in [-0.3, -0.25) is 4.79 Å². The molecule has 8 heavy (non-hydrogen) atoms. The van der Waals surface area contributed by atoms with Gasteiger partial charge in [-0.25, -0.2) is 0 Å². The van der Waals surface area contributed by atoms with E-state index >= 15 is 0 Å². The average molecular weight is 129 g/mol. The van der Waals surface area contributed by atoms with E-state index in [0.29, 0.717) is 0 Å². The van der Waals surface area contributed by atoms with Gasteiger partial charge in [0, 0.05) is 5.75 Å². The van der Waals surface area contributed by atoms with Crippen LogP contribution in [-0.2, 0) is 4.79 Å². The molecule has 3 N–H and O–H groups in total. The summed E-state index contributed by atoms with van der Waals surface area (Å²) in [5.41, 5.74) is 4.94. The van der Waals surface area contributed by atoms with Crippen molar-refractivity contribution in [1.29, 1.82) is 0 Å². The summed E-state index contributed by atoms with van der Waals surface area (Å²) in [7, 11) is 0. The molecule has 3 nitrogen and oxygen atoms in total. The number of aliphatic carboxylic acids is 1. The minimum atomic E-state index is -1.00. The summed E-state index contributed by atoms with van der Waals surface area (Å²) in [6.07, 6.45) is 0. The summed E-state index contributed by atoms with van der Waals surface area (Å²) in [5.74, 6) is -0.815. The van der Waals surface area contributed by atoms with Crippen LogP contribution in [0.5, 0.6) is 0 Å². The third kappa shape index (κ3) is 4.53. The van der Waals surface area contributed by atoms with Crippen LogP contribution in [0.1, 0.15) is 1.43 Å². The molecule has 0 aliphatic rings. The Balaban J connectivity index is -0.000000180. The predicted octanol–water partition coefficient (Wildman–Crippen LogP) is -3.56. The Morgan fingerprint density at radius 3 is 2.38 bits per heavy atom. The average Bonchev–Trinajstić information content (AvgIpc) is 1.65. The van der Waals surface area contributed by atoms with Crippen molar-refractivity contribution in [1.82, 2.24) is 0 Å². The molecule has 1 atom stereocenters. The molecule has 0 aromatic rings. The molecule has 0 aromatic carbocycles. The zero-order valence-corrected chi connectivity index (χ0v) is 5.56. The van der Waals surface area contributed by atoms with Crippen molar-refractivity contribution in [2.45, 2.75) is 6.04 Å². The Morgan fingerprint density at radius 1 is 2.00 bits per heavy atom. The molecule has 0 heterocycles. The van der Waals surface area contributed by atoms with Crippen LogP contribution in [0.15, 0.2) is 0 Å². The van der Waals surface area contributed by atoms with Crippen LogP contribution in [0.3, 0.4) is 0 Å². The van der Waals surface area contributed by atoms with Gasteiger partial charge in [-0.2, -0.15) is 12.6 Å². The normalized spacial score (nSPS) is 11.8. The first-order valence-electron chi connectivity index (χ1n) is 1.77. The summed E-state index contributed by atoms with van der Waals surface area (Å²) >= 11 is 3.65. The molecule has 5 heteroatoms. The van der Waals surface area contributed by atoms with E-state index in [9.17, 15) is 4.79 Å². The third-order valence-electron chi connectivity index (χ3n) is 0.514. The number of rotatable bonds is 2. The number of hydrogen-bond donors (Lipinski definition) is 3. The predicted molar refractivity (Wildman–Crippen MR) is 30.6 cm³/mol. The van der Waals surface area contributed by atoms with Gasteiger partial charge in [0.1, 0.15) is 6.04 Å². The Morgan fingerprint density at radius 2 is 2.38 bits per heavy atom. The molecule has 0 aliphatic heterocycles. The van der Waals surface area contributed by atoms with Crippen LogP contribution in [0, 0.1) is 0 Å². The van der Waals surface area contributed by atoms with Gasteiger partial charge in [0.25, 0.3) is 0 Å². The number of carbonyl (C=O) groups is 1. The number of hydrogen-bond acceptors (Lipinski definition) is 3. The Hall–Kier alpha value is 0.377. The first kappa shape index (κ1) is 11.2. The van der Waals surface area contributed by atoms with E-state index in [-0.39, 0.29) is 26.0 Å². The summed E-state index contributed by atoms with van der Waals surface area (Å²) in [5, 5.41) is 8.01. The Bertz CT molecular complexity index is 84.2. The molecule has 0 fully saturated rings. The topological polar surface area (TPSA) is 63.3 Å². The number of nitrogens with two attached hydrogens (primary N) is 1. The van der Waals surface area contributed by atoms with Gasteiger partial charge in [0.05, 0.1) is 0 Å². The molecule has 0 amide bonds. The van der Waals surface area contributed by atoms with Crippen LogP contribution in [0.4, 0.5) is 0 Å². The first-order chi connectivity index (χ1) is 3.18. The number of thiol groups is 1. The summed E-state index contributed by atoms with van der Waals surface area (Å²) in [6, 6.07) is -0.816. The smallest absolute Gasteiger partial charge is 1.00 e. The second-order valence-electron chi connectivity index (χ2n) is 1.13. The van der Waals surface area contributed by atoms with Gasteiger partial charge in [-0.05, 0) is 0 Å². The van der Waals surface area contributed by atoms with Crippen molar-refractivity contribution in [2.75, 3.05) is 5.75 Å². The molecule has 0 bridgehead atoms. The fraction of sp³-hybridized carbons (Fsp3) is 0.667. The van der Waals surface area contributed by atoms with Crippen LogP contribution in [0.2, 0.25) is 0 Å². The summed E-state index contributed by atoms with van der Waals surface area (Å²) in [6.45, 7) is 0. The Kier molecular flexibility index (Phi) is 7.73. The van der Waals surface area contributed by atoms with E-state index in [1.54, 1.807) is 0 Å². The number of carboxylic acid groups (broad SMARTS) is 1. The molecule has 0 saturated heterocycles. The van der Waals surface area contributed by atoms with Gasteiger partial charge < -0.3 is 12.3 Å². The van der Waals surface area contributed by atoms with Crippen molar-refractivity contribution >= 4 is 18.6 Å². The van der Waals surface area contributed by atoms with Crippen LogP contribution in [-0.4, -0.2) is 22.9 Å². The van der Waals surface area contributed by atoms with Gasteiger partial charge >= 0.3 is 24.8 Å². The summed E-state index contributed by atoms with van der Waals surface area (Å²) < 4.78 is 0. The zero-order chi connectivity index (χ0) is 5.86. The number of carboxylic acids is 1. The monoisotopic (exact) mass is 129 g/mol. The maximum absolute atomic E-state index is 9.76. The third-order valence-corrected chi connectivity index (χ3v) is 0.907. The van der Waals surface area contributed by atoms with E-state index in [1.165, 1.54) is 0 Å². The SMILES string of the molecule is N[C@@H](CS)C(=O)O.[H-].[Li+]. The molecule has 0 spiro atoms. The van der Waals surface area contributed by atoms with Gasteiger partial charge in [0.15, 0.2) is 0 Å². The molecule has 0 saturated carbocycles. The molecular formula is C3H8LiNO2S. The van der Waals surface area contributed by atoms with Crippen LogP contribution >= 0.6 is 12.6 Å². The van der Waals surface area contributed by atoms with Crippen molar-refractivity contribution in [3.8, 4) is 0 Å². The maximum Gasteiger partial charge on any atom is 1.00 e. The molecule has 0 aliphatic carbocycles. The van der Waals surface area contributed by atoms with Crippen LogP contribution < -0.4 is 24.6 Å². The van der Waals surface area contributed by atoms with E-state index in [0.717, 1.165) is 0 Å². The van der Waals surface area contributed by atoms with E-state index < -0.39 is 12.0 Å². The van der Waals surface area contributed by atoms with Gasteiger partial charge in [0.2, 0.25) is 0 Å². The second-order valence-corrected chi connectivity index (χ2v) is 1.49. The molecule has 0 radical (unpaired) electrons. The molecule has 0 rings (SSSR count). The van der Waals surface area contributed by atoms with Crippen LogP contribution in [0.25, 0.3) is 0 Å². The van der Waals surface area contributed by atoms with Gasteiger partial charge in [-0.1, -0.05) is 0 Å². The van der Waals surface area contributed by atoms with Crippen molar-refractivity contribution < 1.29 is 30.2 Å². The minimum absolute atomic E-state index is 0. The molecule has 0 unspecified atom stereocenters. The zero-order valence-electron chi connectivity index (χ0n) is 5.66. The molecule has 44 valence electrons. The largest absolute Gasteiger partial charge is 1.00 e. The standard InChI is InChI=1S/C3H7NO2S.Li.H/c4-2(1-7)3(5)6;;/h2,7H,1,4H2,(H,5,6);;/q;+1;-1/t2-;;/m0../s1. The van der Waals surface area contributed by atoms with Crippen molar-refractivity contribution in [3.63, 3.8) is 0 Å². The quantitative estimate of drug-likeness (QED) is 0.267. The summed E-state index contributed by atoms with van der Waals surface area (Å²) in [4.78, 5) is 9.76. The van der Waals surface area contributed by atoms with E-state index in [2.05, 4.69) is 12.6 Å². The van der Waals surface area contributed by atoms with Crippen molar-refractivity contribution in [2.24, 2.45) is 5.73 Å². The fourth-order valence-electron chi connectivity index (χ4n) is 0.0781. The first-order valence-corrected chi connectivity index (χ1v) is 2.41. The van der Waals surface area contributed by atoms with Crippen molar-refractivity contribution in [3.05, 3.63) is 0 Å². The molecular weight excluding hydrogens is 121 g/mol. The fourth-order valence-corrected chi connectivity index (χ4v) is 0.234. The Labute approximate surface area is 66.7 Å². The minimum Gasteiger partial charge on any atom is -1.00 e. The second kappa shape index (κ2) is 5.51. The molecule has 0 aromatic heterocycles. The maximum atomic E-state index is 9.76.